The van der Waals surface area contributed by atoms with Crippen molar-refractivity contribution in [1.29, 1.82) is 0 Å². The van der Waals surface area contributed by atoms with Crippen LogP contribution in [-0.4, -0.2) is 7.11 Å². The Morgan fingerprint density at radius 3 is 2.45 bits per heavy atom. The van der Waals surface area contributed by atoms with Gasteiger partial charge in [-0.05, 0) is 19.9 Å². The topological polar surface area (TPSA) is 9.23 Å². The predicted molar refractivity (Wildman–Crippen MR) is 48.0 cm³/mol. The van der Waals surface area contributed by atoms with Crippen molar-refractivity contribution < 1.29 is 4.74 Å². The van der Waals surface area contributed by atoms with Gasteiger partial charge in [0.2, 0.25) is 0 Å². The van der Waals surface area contributed by atoms with Gasteiger partial charge in [-0.2, -0.15) is 0 Å². The summed E-state index contributed by atoms with van der Waals surface area (Å²) in [6.07, 6.45) is 9.56. The molecule has 0 heterocycles. The highest BCUT2D eigenvalue weighted by Crippen LogP contribution is 2.02. The van der Waals surface area contributed by atoms with E-state index in [2.05, 4.69) is 5.92 Å². The largest absolute Gasteiger partial charge is 0.500 e. The zero-order valence-corrected chi connectivity index (χ0v) is 7.35. The summed E-state index contributed by atoms with van der Waals surface area (Å²) in [5.41, 5.74) is 1.23. The molecule has 0 bridgehead atoms. The van der Waals surface area contributed by atoms with Gasteiger partial charge in [0.15, 0.2) is 0 Å². The molecular weight excluding hydrogens is 136 g/mol. The number of terminal acetylenes is 1. The lowest BCUT2D eigenvalue weighted by molar-refractivity contribution is 0.286. The van der Waals surface area contributed by atoms with Gasteiger partial charge in [-0.25, -0.2) is 0 Å². The summed E-state index contributed by atoms with van der Waals surface area (Å²) in [5, 5.41) is 0. The fourth-order valence-corrected chi connectivity index (χ4v) is 0.559. The molecule has 0 rings (SSSR count). The van der Waals surface area contributed by atoms with Crippen LogP contribution in [0.5, 0.6) is 0 Å². The van der Waals surface area contributed by atoms with E-state index in [0.29, 0.717) is 6.42 Å². The van der Waals surface area contributed by atoms with E-state index in [0.717, 1.165) is 5.76 Å². The average molecular weight is 150 g/mol. The molecule has 0 aliphatic rings. The quantitative estimate of drug-likeness (QED) is 0.341. The van der Waals surface area contributed by atoms with Crippen molar-refractivity contribution in [1.82, 2.24) is 0 Å². The van der Waals surface area contributed by atoms with Crippen LogP contribution in [0.1, 0.15) is 20.3 Å². The molecule has 0 aromatic heterocycles. The summed E-state index contributed by atoms with van der Waals surface area (Å²) in [4.78, 5) is 0. The molecule has 60 valence electrons. The van der Waals surface area contributed by atoms with Crippen LogP contribution in [0, 0.1) is 12.3 Å². The van der Waals surface area contributed by atoms with Crippen LogP contribution in [-0.2, 0) is 4.74 Å². The Morgan fingerprint density at radius 1 is 1.45 bits per heavy atom. The lowest BCUT2D eigenvalue weighted by atomic mass is 10.2. The van der Waals surface area contributed by atoms with Gasteiger partial charge >= 0.3 is 0 Å². The number of hydrogen-bond acceptors (Lipinski definition) is 1. The van der Waals surface area contributed by atoms with E-state index in [9.17, 15) is 0 Å². The smallest absolute Gasteiger partial charge is 0.107 e. The molecular formula is C10H14O. The van der Waals surface area contributed by atoms with Crippen molar-refractivity contribution in [3.05, 3.63) is 23.5 Å². The van der Waals surface area contributed by atoms with Gasteiger partial charge in [-0.3, -0.25) is 0 Å². The first-order valence-corrected chi connectivity index (χ1v) is 3.52. The summed E-state index contributed by atoms with van der Waals surface area (Å²) >= 11 is 0. The van der Waals surface area contributed by atoms with Crippen LogP contribution < -0.4 is 0 Å². The van der Waals surface area contributed by atoms with Crippen LogP contribution in [0.15, 0.2) is 23.5 Å². The molecule has 0 amide bonds. The average Bonchev–Trinajstić information content (AvgIpc) is 1.97. The van der Waals surface area contributed by atoms with Crippen molar-refractivity contribution in [2.75, 3.05) is 7.11 Å². The monoisotopic (exact) mass is 150 g/mol. The standard InChI is InChI=1S/C10H14O/c1-5-6-10(11-4)8-7-9(2)3/h1,7-8H,6H2,2-4H3/b10-8+. The third-order valence-corrected chi connectivity index (χ3v) is 1.14. The molecule has 0 aliphatic carbocycles. The zero-order chi connectivity index (χ0) is 8.69. The van der Waals surface area contributed by atoms with Crippen LogP contribution in [0.4, 0.5) is 0 Å². The second-order valence-corrected chi connectivity index (χ2v) is 2.46. The Morgan fingerprint density at radius 2 is 2.09 bits per heavy atom. The van der Waals surface area contributed by atoms with Gasteiger partial charge in [0, 0.05) is 0 Å². The normalized spacial score (nSPS) is 10.2. The number of hydrogen-bond donors (Lipinski definition) is 0. The molecule has 0 saturated heterocycles. The van der Waals surface area contributed by atoms with Crippen molar-refractivity contribution in [3.8, 4) is 12.3 Å². The first-order valence-electron chi connectivity index (χ1n) is 3.52. The highest BCUT2D eigenvalue weighted by atomic mass is 16.5. The molecule has 0 saturated carbocycles. The molecule has 0 unspecified atom stereocenters. The van der Waals surface area contributed by atoms with Crippen molar-refractivity contribution in [2.45, 2.75) is 20.3 Å². The minimum Gasteiger partial charge on any atom is -0.500 e. The van der Waals surface area contributed by atoms with Crippen LogP contribution >= 0.6 is 0 Å². The summed E-state index contributed by atoms with van der Waals surface area (Å²) in [5.74, 6) is 3.35. The number of allylic oxidation sites excluding steroid dienone is 4. The lowest BCUT2D eigenvalue weighted by Crippen LogP contribution is -1.83. The molecule has 0 aromatic carbocycles. The van der Waals surface area contributed by atoms with Crippen LogP contribution in [0.2, 0.25) is 0 Å². The van der Waals surface area contributed by atoms with Crippen LogP contribution in [0.25, 0.3) is 0 Å². The molecule has 1 heteroatoms. The van der Waals surface area contributed by atoms with Crippen molar-refractivity contribution in [3.63, 3.8) is 0 Å². The Bertz CT molecular complexity index is 199. The Labute approximate surface area is 68.8 Å². The highest BCUT2D eigenvalue weighted by Gasteiger charge is 1.88. The molecule has 0 N–H and O–H groups in total. The Balaban J connectivity index is 4.14. The minimum atomic E-state index is 0.556. The van der Waals surface area contributed by atoms with Crippen molar-refractivity contribution in [2.24, 2.45) is 0 Å². The number of ether oxygens (including phenoxy) is 1. The van der Waals surface area contributed by atoms with Crippen LogP contribution in [0.3, 0.4) is 0 Å². The van der Waals surface area contributed by atoms with Gasteiger partial charge < -0.3 is 4.74 Å². The van der Waals surface area contributed by atoms with Gasteiger partial charge in [-0.1, -0.05) is 17.6 Å². The molecule has 0 aromatic rings. The van der Waals surface area contributed by atoms with Crippen molar-refractivity contribution >= 4 is 0 Å². The highest BCUT2D eigenvalue weighted by molar-refractivity contribution is 5.15. The van der Waals surface area contributed by atoms with Gasteiger partial charge in [0.25, 0.3) is 0 Å². The molecule has 0 radical (unpaired) electrons. The first-order chi connectivity index (χ1) is 5.20. The molecule has 0 atom stereocenters. The summed E-state index contributed by atoms with van der Waals surface area (Å²) in [7, 11) is 1.63. The molecule has 0 spiro atoms. The van der Waals surface area contributed by atoms with E-state index in [1.807, 2.05) is 26.0 Å². The number of methoxy groups -OCH3 is 1. The van der Waals surface area contributed by atoms with E-state index >= 15 is 0 Å². The third kappa shape index (κ3) is 5.29. The van der Waals surface area contributed by atoms with E-state index in [1.165, 1.54) is 5.57 Å². The maximum absolute atomic E-state index is 5.12. The lowest BCUT2D eigenvalue weighted by Gasteiger charge is -1.98. The molecule has 0 aliphatic heterocycles. The minimum absolute atomic E-state index is 0.556. The third-order valence-electron chi connectivity index (χ3n) is 1.14. The van der Waals surface area contributed by atoms with E-state index in [4.69, 9.17) is 11.2 Å². The fourth-order valence-electron chi connectivity index (χ4n) is 0.559. The summed E-state index contributed by atoms with van der Waals surface area (Å²) in [6.45, 7) is 4.05. The van der Waals surface area contributed by atoms with Gasteiger partial charge in [0.05, 0.1) is 13.5 Å². The van der Waals surface area contributed by atoms with E-state index in [-0.39, 0.29) is 0 Å². The van der Waals surface area contributed by atoms with Gasteiger partial charge in [0.1, 0.15) is 5.76 Å². The fraction of sp³-hybridized carbons (Fsp3) is 0.400. The SMILES string of the molecule is C#CC/C(=C\C=C(C)C)OC. The second-order valence-electron chi connectivity index (χ2n) is 2.46. The Kier molecular flexibility index (Phi) is 5.02. The van der Waals surface area contributed by atoms with Gasteiger partial charge in [-0.15, -0.1) is 6.42 Å². The van der Waals surface area contributed by atoms with E-state index in [1.54, 1.807) is 7.11 Å². The second kappa shape index (κ2) is 5.61. The van der Waals surface area contributed by atoms with E-state index < -0.39 is 0 Å². The Hall–Kier alpha value is -1.16. The molecule has 1 nitrogen and oxygen atoms in total. The number of rotatable bonds is 3. The molecule has 0 fully saturated rings. The first kappa shape index (κ1) is 9.84. The summed E-state index contributed by atoms with van der Waals surface area (Å²) < 4.78 is 5.02. The zero-order valence-electron chi connectivity index (χ0n) is 7.35. The summed E-state index contributed by atoms with van der Waals surface area (Å²) in [6, 6.07) is 0. The maximum Gasteiger partial charge on any atom is 0.107 e. The predicted octanol–water partition coefficient (Wildman–Crippen LogP) is 2.51. The molecule has 11 heavy (non-hydrogen) atoms. The maximum atomic E-state index is 5.12.